The highest BCUT2D eigenvalue weighted by Crippen LogP contribution is 2.29. The van der Waals surface area contributed by atoms with Crippen LogP contribution in [-0.4, -0.2) is 43.8 Å². The first-order valence-corrected chi connectivity index (χ1v) is 15.1. The maximum Gasteiger partial charge on any atom is 0.264 e. The third-order valence-corrected chi connectivity index (χ3v) is 8.59. The summed E-state index contributed by atoms with van der Waals surface area (Å²) in [6.07, 6.45) is 0.379. The van der Waals surface area contributed by atoms with Crippen LogP contribution < -0.4 is 9.62 Å². The molecule has 0 fully saturated rings. The molecule has 3 aromatic rings. The Morgan fingerprint density at radius 3 is 1.93 bits per heavy atom. The summed E-state index contributed by atoms with van der Waals surface area (Å²) >= 11 is 0. The molecule has 7 nitrogen and oxygen atoms in total. The molecule has 0 radical (unpaired) electrons. The van der Waals surface area contributed by atoms with Gasteiger partial charge in [-0.15, -0.1) is 0 Å². The molecule has 0 aliphatic carbocycles. The van der Waals surface area contributed by atoms with Crippen molar-refractivity contribution in [2.75, 3.05) is 10.8 Å². The Hall–Kier alpha value is -3.65. The lowest BCUT2D eigenvalue weighted by atomic mass is 10.1. The first kappa shape index (κ1) is 30.9. The number of nitrogens with one attached hydrogen (secondary N) is 1. The molecule has 8 heteroatoms. The van der Waals surface area contributed by atoms with Crippen molar-refractivity contribution in [2.45, 2.75) is 78.4 Å². The van der Waals surface area contributed by atoms with Gasteiger partial charge in [0.15, 0.2) is 0 Å². The highest BCUT2D eigenvalue weighted by atomic mass is 32.2. The van der Waals surface area contributed by atoms with Crippen molar-refractivity contribution >= 4 is 27.5 Å². The van der Waals surface area contributed by atoms with E-state index in [2.05, 4.69) is 5.32 Å². The summed E-state index contributed by atoms with van der Waals surface area (Å²) in [7, 11) is -4.10. The molecule has 0 spiro atoms. The quantitative estimate of drug-likeness (QED) is 0.336. The lowest BCUT2D eigenvalue weighted by Gasteiger charge is -2.34. The standard InChI is InChI=1S/C32H41N3O4S/c1-8-29(32(37)33-22(2)3)34(20-27-15-10-23(4)11-16-27)31(36)21-35(30-19-25(6)9-14-26(30)7)40(38,39)28-17-12-24(5)13-18-28/h9-19,22,29H,8,20-21H2,1-7H3,(H,33,37)/t29-/m0/s1. The largest absolute Gasteiger partial charge is 0.352 e. The maximum atomic E-state index is 14.2. The van der Waals surface area contributed by atoms with E-state index in [-0.39, 0.29) is 23.4 Å². The van der Waals surface area contributed by atoms with Crippen LogP contribution in [0.1, 0.15) is 55.0 Å². The predicted octanol–water partition coefficient (Wildman–Crippen LogP) is 5.45. The fourth-order valence-corrected chi connectivity index (χ4v) is 6.00. The van der Waals surface area contributed by atoms with Gasteiger partial charge in [0.1, 0.15) is 12.6 Å². The average molecular weight is 564 g/mol. The topological polar surface area (TPSA) is 86.8 Å². The zero-order valence-corrected chi connectivity index (χ0v) is 25.4. The number of carbonyl (C=O) groups is 2. The van der Waals surface area contributed by atoms with Crippen LogP contribution in [0.4, 0.5) is 5.69 Å². The summed E-state index contributed by atoms with van der Waals surface area (Å²) in [5.74, 6) is -0.722. The molecule has 40 heavy (non-hydrogen) atoms. The first-order chi connectivity index (χ1) is 18.8. The zero-order chi connectivity index (χ0) is 29.6. The SMILES string of the molecule is CC[C@@H](C(=O)NC(C)C)N(Cc1ccc(C)cc1)C(=O)CN(c1cc(C)ccc1C)S(=O)(=O)c1ccc(C)cc1. The molecule has 0 unspecified atom stereocenters. The minimum atomic E-state index is -4.10. The number of nitrogens with zero attached hydrogens (tertiary/aromatic N) is 2. The van der Waals surface area contributed by atoms with E-state index in [0.717, 1.165) is 27.8 Å². The number of aryl methyl sites for hydroxylation is 4. The predicted molar refractivity (Wildman–Crippen MR) is 161 cm³/mol. The maximum absolute atomic E-state index is 14.2. The Kier molecular flexibility index (Phi) is 10.1. The summed E-state index contributed by atoms with van der Waals surface area (Å²) in [6, 6.07) is 19.0. The molecule has 0 bridgehead atoms. The molecular weight excluding hydrogens is 522 g/mol. The second-order valence-electron chi connectivity index (χ2n) is 10.7. The van der Waals surface area contributed by atoms with E-state index in [4.69, 9.17) is 0 Å². The van der Waals surface area contributed by atoms with E-state index in [0.29, 0.717) is 12.1 Å². The third-order valence-electron chi connectivity index (χ3n) is 6.81. The van der Waals surface area contributed by atoms with Crippen molar-refractivity contribution < 1.29 is 18.0 Å². The monoisotopic (exact) mass is 563 g/mol. The van der Waals surface area contributed by atoms with Gasteiger partial charge in [-0.05, 0) is 82.9 Å². The van der Waals surface area contributed by atoms with Gasteiger partial charge >= 0.3 is 0 Å². The van der Waals surface area contributed by atoms with Crippen molar-refractivity contribution in [3.8, 4) is 0 Å². The third kappa shape index (κ3) is 7.50. The van der Waals surface area contributed by atoms with Crippen LogP contribution in [0, 0.1) is 27.7 Å². The Morgan fingerprint density at radius 2 is 1.38 bits per heavy atom. The number of anilines is 1. The van der Waals surface area contributed by atoms with Gasteiger partial charge < -0.3 is 10.2 Å². The molecule has 1 atom stereocenters. The van der Waals surface area contributed by atoms with E-state index >= 15 is 0 Å². The van der Waals surface area contributed by atoms with Gasteiger partial charge in [-0.1, -0.05) is 66.6 Å². The normalized spacial score (nSPS) is 12.2. The summed E-state index contributed by atoms with van der Waals surface area (Å²) in [6.45, 7) is 12.9. The van der Waals surface area contributed by atoms with Crippen LogP contribution in [0.5, 0.6) is 0 Å². The molecule has 1 N–H and O–H groups in total. The van der Waals surface area contributed by atoms with E-state index in [1.165, 1.54) is 9.21 Å². The van der Waals surface area contributed by atoms with E-state index < -0.39 is 28.5 Å². The highest BCUT2D eigenvalue weighted by molar-refractivity contribution is 7.92. The second-order valence-corrected chi connectivity index (χ2v) is 12.6. The van der Waals surface area contributed by atoms with E-state index in [9.17, 15) is 18.0 Å². The minimum absolute atomic E-state index is 0.0986. The Morgan fingerprint density at radius 1 is 0.825 bits per heavy atom. The molecule has 0 saturated carbocycles. The first-order valence-electron chi connectivity index (χ1n) is 13.7. The molecule has 0 aliphatic heterocycles. The van der Waals surface area contributed by atoms with Crippen molar-refractivity contribution in [3.05, 3.63) is 94.5 Å². The fraction of sp³-hybridized carbons (Fsp3) is 0.375. The Labute approximate surface area is 239 Å². The van der Waals surface area contributed by atoms with Gasteiger partial charge in [0.25, 0.3) is 10.0 Å². The van der Waals surface area contributed by atoms with Crippen molar-refractivity contribution in [3.63, 3.8) is 0 Å². The van der Waals surface area contributed by atoms with Gasteiger partial charge in [-0.2, -0.15) is 0 Å². The van der Waals surface area contributed by atoms with Crippen molar-refractivity contribution in [1.82, 2.24) is 10.2 Å². The van der Waals surface area contributed by atoms with Gasteiger partial charge in [-0.3, -0.25) is 13.9 Å². The Balaban J connectivity index is 2.10. The van der Waals surface area contributed by atoms with Crippen LogP contribution in [0.15, 0.2) is 71.6 Å². The number of benzene rings is 3. The summed E-state index contributed by atoms with van der Waals surface area (Å²) in [5, 5.41) is 2.92. The van der Waals surface area contributed by atoms with E-state index in [1.54, 1.807) is 30.3 Å². The molecule has 0 saturated heterocycles. The molecular formula is C32H41N3O4S. The summed E-state index contributed by atoms with van der Waals surface area (Å²) in [4.78, 5) is 29.0. The molecule has 0 aromatic heterocycles. The fourth-order valence-electron chi connectivity index (χ4n) is 4.53. The van der Waals surface area contributed by atoms with Gasteiger partial charge in [0, 0.05) is 12.6 Å². The zero-order valence-electron chi connectivity index (χ0n) is 24.6. The summed E-state index contributed by atoms with van der Waals surface area (Å²) < 4.78 is 29.3. The molecule has 2 amide bonds. The second kappa shape index (κ2) is 13.1. The number of carbonyl (C=O) groups excluding carboxylic acids is 2. The van der Waals surface area contributed by atoms with Crippen LogP contribution in [-0.2, 0) is 26.2 Å². The van der Waals surface area contributed by atoms with Crippen LogP contribution in [0.3, 0.4) is 0 Å². The number of hydrogen-bond acceptors (Lipinski definition) is 4. The van der Waals surface area contributed by atoms with Crippen molar-refractivity contribution in [1.29, 1.82) is 0 Å². The Bertz CT molecular complexity index is 1430. The average Bonchev–Trinajstić information content (AvgIpc) is 2.89. The van der Waals surface area contributed by atoms with Crippen LogP contribution in [0.2, 0.25) is 0 Å². The number of hydrogen-bond donors (Lipinski definition) is 1. The molecule has 0 heterocycles. The molecule has 214 valence electrons. The highest BCUT2D eigenvalue weighted by Gasteiger charge is 2.34. The summed E-state index contributed by atoms with van der Waals surface area (Å²) in [5.41, 5.74) is 4.90. The number of amides is 2. The molecule has 3 rings (SSSR count). The number of rotatable bonds is 11. The minimum Gasteiger partial charge on any atom is -0.352 e. The molecule has 0 aliphatic rings. The molecule has 3 aromatic carbocycles. The lowest BCUT2D eigenvalue weighted by molar-refractivity contribution is -0.140. The van der Waals surface area contributed by atoms with Crippen LogP contribution >= 0.6 is 0 Å². The van der Waals surface area contributed by atoms with Crippen molar-refractivity contribution in [2.24, 2.45) is 0 Å². The van der Waals surface area contributed by atoms with Gasteiger partial charge in [0.2, 0.25) is 11.8 Å². The van der Waals surface area contributed by atoms with Gasteiger partial charge in [0.05, 0.1) is 10.6 Å². The van der Waals surface area contributed by atoms with E-state index in [1.807, 2.05) is 84.9 Å². The van der Waals surface area contributed by atoms with Gasteiger partial charge in [-0.25, -0.2) is 8.42 Å². The van der Waals surface area contributed by atoms with Crippen LogP contribution in [0.25, 0.3) is 0 Å². The smallest absolute Gasteiger partial charge is 0.264 e. The lowest BCUT2D eigenvalue weighted by Crippen LogP contribution is -2.53. The number of sulfonamides is 1.